The van der Waals surface area contributed by atoms with E-state index in [1.807, 2.05) is 30.5 Å². The lowest BCUT2D eigenvalue weighted by molar-refractivity contribution is 0.111. The number of urea groups is 1. The topological polar surface area (TPSA) is 91.5 Å². The van der Waals surface area contributed by atoms with Gasteiger partial charge in [-0.3, -0.25) is 0 Å². The molecule has 7 nitrogen and oxygen atoms in total. The highest BCUT2D eigenvalue weighted by Gasteiger charge is 2.31. The van der Waals surface area contributed by atoms with Gasteiger partial charge in [0, 0.05) is 49.1 Å². The highest BCUT2D eigenvalue weighted by atomic mass is 32.2. The van der Waals surface area contributed by atoms with E-state index in [4.69, 9.17) is 4.74 Å². The Morgan fingerprint density at radius 1 is 1.19 bits per heavy atom. The number of aromatic nitrogens is 1. The number of benzene rings is 1. The number of ether oxygens (including phenoxy) is 1. The molecule has 8 heteroatoms. The fourth-order valence-corrected chi connectivity index (χ4v) is 5.36. The Balaban J connectivity index is 1.30. The van der Waals surface area contributed by atoms with Crippen LogP contribution in [0.25, 0.3) is 10.9 Å². The molecule has 2 amide bonds. The summed E-state index contributed by atoms with van der Waals surface area (Å²) < 4.78 is 29.2. The van der Waals surface area contributed by atoms with Crippen molar-refractivity contribution in [3.05, 3.63) is 30.5 Å². The predicted molar refractivity (Wildman–Crippen MR) is 99.1 cm³/mol. The molecule has 2 aromatic rings. The van der Waals surface area contributed by atoms with E-state index >= 15 is 0 Å². The molecule has 3 heterocycles. The molecule has 2 aliphatic heterocycles. The molecule has 2 aliphatic rings. The number of carbonyl (C=O) groups excluding carboxylic acids is 1. The van der Waals surface area contributed by atoms with E-state index in [0.29, 0.717) is 19.5 Å². The van der Waals surface area contributed by atoms with E-state index in [0.717, 1.165) is 29.5 Å². The summed E-state index contributed by atoms with van der Waals surface area (Å²) in [5.41, 5.74) is 1.05. The molecular weight excluding hydrogens is 354 g/mol. The molecule has 0 saturated carbocycles. The molecule has 2 N–H and O–H groups in total. The van der Waals surface area contributed by atoms with Gasteiger partial charge in [0.15, 0.2) is 9.84 Å². The fraction of sp³-hybridized carbons (Fsp3) is 0.500. The van der Waals surface area contributed by atoms with Gasteiger partial charge < -0.3 is 19.9 Å². The van der Waals surface area contributed by atoms with Crippen molar-refractivity contribution < 1.29 is 17.9 Å². The van der Waals surface area contributed by atoms with Crippen LogP contribution in [-0.4, -0.2) is 61.1 Å². The zero-order valence-electron chi connectivity index (χ0n) is 14.5. The smallest absolute Gasteiger partial charge is 0.317 e. The molecule has 2 saturated heterocycles. The monoisotopic (exact) mass is 377 g/mol. The summed E-state index contributed by atoms with van der Waals surface area (Å²) in [5, 5.41) is 3.92. The highest BCUT2D eigenvalue weighted by Crippen LogP contribution is 2.27. The third kappa shape index (κ3) is 3.65. The number of piperidine rings is 1. The van der Waals surface area contributed by atoms with Crippen molar-refractivity contribution in [2.24, 2.45) is 0 Å². The van der Waals surface area contributed by atoms with Crippen molar-refractivity contribution in [3.8, 4) is 5.75 Å². The number of carbonyl (C=O) groups is 1. The van der Waals surface area contributed by atoms with E-state index < -0.39 is 9.84 Å². The average molecular weight is 377 g/mol. The second-order valence-electron chi connectivity index (χ2n) is 7.05. The molecule has 1 aromatic heterocycles. The number of hydrogen-bond acceptors (Lipinski definition) is 4. The van der Waals surface area contributed by atoms with Gasteiger partial charge in [0.1, 0.15) is 11.9 Å². The molecule has 4 rings (SSSR count). The van der Waals surface area contributed by atoms with Gasteiger partial charge in [0.05, 0.1) is 11.5 Å². The van der Waals surface area contributed by atoms with E-state index in [9.17, 15) is 13.2 Å². The molecule has 0 bridgehead atoms. The molecule has 0 radical (unpaired) electrons. The minimum atomic E-state index is -2.98. The SMILES string of the molecule is O=C(NC1CCS(=O)(=O)C1)N1CCC(Oc2cccc3[nH]ccc23)CC1. The number of sulfone groups is 1. The fourth-order valence-electron chi connectivity index (χ4n) is 3.69. The van der Waals surface area contributed by atoms with Crippen molar-refractivity contribution in [1.29, 1.82) is 0 Å². The van der Waals surface area contributed by atoms with Gasteiger partial charge in [0.2, 0.25) is 0 Å². The lowest BCUT2D eigenvalue weighted by atomic mass is 10.1. The molecule has 2 fully saturated rings. The van der Waals surface area contributed by atoms with Crippen LogP contribution in [0.15, 0.2) is 30.5 Å². The van der Waals surface area contributed by atoms with Gasteiger partial charge >= 0.3 is 6.03 Å². The summed E-state index contributed by atoms with van der Waals surface area (Å²) in [6.45, 7) is 1.22. The molecule has 0 aliphatic carbocycles. The van der Waals surface area contributed by atoms with Crippen LogP contribution in [0.4, 0.5) is 4.79 Å². The highest BCUT2D eigenvalue weighted by molar-refractivity contribution is 7.91. The first kappa shape index (κ1) is 17.2. The van der Waals surface area contributed by atoms with Gasteiger partial charge in [-0.15, -0.1) is 0 Å². The lowest BCUT2D eigenvalue weighted by Gasteiger charge is -2.33. The number of H-pyrrole nitrogens is 1. The number of nitrogens with one attached hydrogen (secondary N) is 2. The second-order valence-corrected chi connectivity index (χ2v) is 9.28. The Morgan fingerprint density at radius 3 is 2.73 bits per heavy atom. The van der Waals surface area contributed by atoms with E-state index in [1.54, 1.807) is 4.90 Å². The first-order valence-corrected chi connectivity index (χ1v) is 10.8. The van der Waals surface area contributed by atoms with Gasteiger partial charge in [-0.1, -0.05) is 6.07 Å². The molecular formula is C18H23N3O4S. The summed E-state index contributed by atoms with van der Waals surface area (Å²) in [5.74, 6) is 1.08. The Bertz CT molecular complexity index is 900. The molecule has 26 heavy (non-hydrogen) atoms. The van der Waals surface area contributed by atoms with Gasteiger partial charge in [-0.2, -0.15) is 0 Å². The first-order chi connectivity index (χ1) is 12.5. The van der Waals surface area contributed by atoms with Crippen LogP contribution in [0.5, 0.6) is 5.75 Å². The lowest BCUT2D eigenvalue weighted by Crippen LogP contribution is -2.49. The number of likely N-dealkylation sites (tertiary alicyclic amines) is 1. The standard InChI is InChI=1S/C18H23N3O4S/c22-18(20-13-7-11-26(23,24)12-13)21-9-5-14(6-10-21)25-17-3-1-2-16-15(17)4-8-19-16/h1-4,8,13-14,19H,5-7,9-12H2,(H,20,22). The maximum Gasteiger partial charge on any atom is 0.317 e. The third-order valence-electron chi connectivity index (χ3n) is 5.14. The summed E-state index contributed by atoms with van der Waals surface area (Å²) >= 11 is 0. The molecule has 1 atom stereocenters. The van der Waals surface area contributed by atoms with Crippen LogP contribution in [0.3, 0.4) is 0 Å². The quantitative estimate of drug-likeness (QED) is 0.855. The van der Waals surface area contributed by atoms with Crippen molar-refractivity contribution in [2.75, 3.05) is 24.6 Å². The molecule has 140 valence electrons. The summed E-state index contributed by atoms with van der Waals surface area (Å²) in [4.78, 5) is 17.3. The van der Waals surface area contributed by atoms with Crippen LogP contribution in [0.1, 0.15) is 19.3 Å². The number of nitrogens with zero attached hydrogens (tertiary/aromatic N) is 1. The van der Waals surface area contributed by atoms with Gasteiger partial charge in [0.25, 0.3) is 0 Å². The van der Waals surface area contributed by atoms with Gasteiger partial charge in [-0.25, -0.2) is 13.2 Å². The number of rotatable bonds is 3. The maximum absolute atomic E-state index is 12.3. The first-order valence-electron chi connectivity index (χ1n) is 8.99. The predicted octanol–water partition coefficient (Wildman–Crippen LogP) is 1.91. The van der Waals surface area contributed by atoms with Crippen molar-refractivity contribution in [2.45, 2.75) is 31.4 Å². The number of aromatic amines is 1. The van der Waals surface area contributed by atoms with Crippen LogP contribution in [-0.2, 0) is 9.84 Å². The van der Waals surface area contributed by atoms with Crippen molar-refractivity contribution in [1.82, 2.24) is 15.2 Å². The van der Waals surface area contributed by atoms with E-state index in [2.05, 4.69) is 10.3 Å². The minimum Gasteiger partial charge on any atom is -0.490 e. The van der Waals surface area contributed by atoms with Gasteiger partial charge in [-0.05, 0) is 24.6 Å². The van der Waals surface area contributed by atoms with Crippen LogP contribution >= 0.6 is 0 Å². The summed E-state index contributed by atoms with van der Waals surface area (Å²) in [6, 6.07) is 7.52. The van der Waals surface area contributed by atoms with E-state index in [-0.39, 0.29) is 29.7 Å². The van der Waals surface area contributed by atoms with Crippen molar-refractivity contribution >= 4 is 26.8 Å². The largest absolute Gasteiger partial charge is 0.490 e. The Kier molecular flexibility index (Phi) is 4.52. The van der Waals surface area contributed by atoms with Crippen LogP contribution in [0, 0.1) is 0 Å². The summed E-state index contributed by atoms with van der Waals surface area (Å²) in [6.07, 6.45) is 4.00. The zero-order valence-corrected chi connectivity index (χ0v) is 15.3. The number of amides is 2. The average Bonchev–Trinajstić information content (AvgIpc) is 3.22. The van der Waals surface area contributed by atoms with E-state index in [1.165, 1.54) is 0 Å². The zero-order chi connectivity index (χ0) is 18.1. The Labute approximate surface area is 152 Å². The number of fused-ring (bicyclic) bond motifs is 1. The van der Waals surface area contributed by atoms with Crippen molar-refractivity contribution in [3.63, 3.8) is 0 Å². The minimum absolute atomic E-state index is 0.0546. The molecule has 0 spiro atoms. The van der Waals surface area contributed by atoms with Crippen LogP contribution in [0.2, 0.25) is 0 Å². The molecule has 1 aromatic carbocycles. The number of hydrogen-bond donors (Lipinski definition) is 2. The summed E-state index contributed by atoms with van der Waals surface area (Å²) in [7, 11) is -2.98. The second kappa shape index (κ2) is 6.83. The Hall–Kier alpha value is -2.22. The normalized spacial score (nSPS) is 23.2. The maximum atomic E-state index is 12.3. The third-order valence-corrected chi connectivity index (χ3v) is 6.91. The Morgan fingerprint density at radius 2 is 2.00 bits per heavy atom. The van der Waals surface area contributed by atoms with Crippen LogP contribution < -0.4 is 10.1 Å². The molecule has 1 unspecified atom stereocenters.